The van der Waals surface area contributed by atoms with Crippen molar-refractivity contribution in [1.29, 1.82) is 0 Å². The molecule has 0 saturated carbocycles. The number of halogens is 2. The number of amides is 2. The van der Waals surface area contributed by atoms with Crippen molar-refractivity contribution >= 4 is 27.7 Å². The molecule has 1 fully saturated rings. The zero-order chi connectivity index (χ0) is 15.6. The quantitative estimate of drug-likeness (QED) is 0.900. The van der Waals surface area contributed by atoms with E-state index >= 15 is 0 Å². The Morgan fingerprint density at radius 2 is 2.14 bits per heavy atom. The third-order valence-corrected chi connectivity index (χ3v) is 4.25. The Hall–Kier alpha value is -1.43. The number of carbonyl (C=O) groups excluding carboxylic acids is 2. The molecule has 1 aromatic carbocycles. The maximum atomic E-state index is 13.5. The summed E-state index contributed by atoms with van der Waals surface area (Å²) in [6.45, 7) is 4.16. The number of nitrogens with zero attached hydrogens (tertiary/aromatic N) is 1. The van der Waals surface area contributed by atoms with Crippen LogP contribution in [0.15, 0.2) is 22.7 Å². The lowest BCUT2D eigenvalue weighted by Gasteiger charge is -2.38. The Balaban J connectivity index is 2.28. The molecule has 4 nitrogen and oxygen atoms in total. The number of benzene rings is 1. The third-order valence-electron chi connectivity index (χ3n) is 3.80. The van der Waals surface area contributed by atoms with E-state index in [4.69, 9.17) is 0 Å². The van der Waals surface area contributed by atoms with Gasteiger partial charge in [-0.1, -0.05) is 36.2 Å². The number of rotatable bonds is 4. The van der Waals surface area contributed by atoms with E-state index in [1.54, 1.807) is 11.0 Å². The standard InChI is InChI=1S/C15H18BrFN2O2/c1-3-9(2)14-15(21)18-7-13(20)19(14)8-10-4-11(16)6-12(17)5-10/h4-6,9,14H,3,7-8H2,1-2H3,(H,18,21). The Morgan fingerprint density at radius 1 is 1.43 bits per heavy atom. The number of hydrogen-bond acceptors (Lipinski definition) is 2. The molecular formula is C15H18BrFN2O2. The number of piperazine rings is 1. The van der Waals surface area contributed by atoms with Gasteiger partial charge >= 0.3 is 0 Å². The van der Waals surface area contributed by atoms with Crippen LogP contribution in [0.3, 0.4) is 0 Å². The molecule has 1 aliphatic rings. The minimum Gasteiger partial charge on any atom is -0.345 e. The van der Waals surface area contributed by atoms with Crippen molar-refractivity contribution in [1.82, 2.24) is 10.2 Å². The first-order valence-electron chi connectivity index (χ1n) is 6.94. The van der Waals surface area contributed by atoms with Gasteiger partial charge < -0.3 is 10.2 Å². The second-order valence-corrected chi connectivity index (χ2v) is 6.26. The highest BCUT2D eigenvalue weighted by atomic mass is 79.9. The Morgan fingerprint density at radius 3 is 2.76 bits per heavy atom. The van der Waals surface area contributed by atoms with E-state index in [9.17, 15) is 14.0 Å². The van der Waals surface area contributed by atoms with E-state index in [-0.39, 0.29) is 36.6 Å². The predicted octanol–water partition coefficient (Wildman–Crippen LogP) is 2.46. The van der Waals surface area contributed by atoms with Crippen molar-refractivity contribution in [2.24, 2.45) is 5.92 Å². The van der Waals surface area contributed by atoms with E-state index in [0.29, 0.717) is 10.0 Å². The molecule has 0 aliphatic carbocycles. The molecule has 0 aromatic heterocycles. The van der Waals surface area contributed by atoms with Crippen LogP contribution in [-0.2, 0) is 16.1 Å². The highest BCUT2D eigenvalue weighted by molar-refractivity contribution is 9.10. The maximum Gasteiger partial charge on any atom is 0.243 e. The summed E-state index contributed by atoms with van der Waals surface area (Å²) in [7, 11) is 0. The average molecular weight is 357 g/mol. The molecule has 2 amide bonds. The van der Waals surface area contributed by atoms with Gasteiger partial charge in [-0.05, 0) is 29.7 Å². The summed E-state index contributed by atoms with van der Waals surface area (Å²) >= 11 is 3.24. The molecule has 21 heavy (non-hydrogen) atoms. The van der Waals surface area contributed by atoms with Crippen LogP contribution in [0.25, 0.3) is 0 Å². The van der Waals surface area contributed by atoms with Crippen molar-refractivity contribution in [3.63, 3.8) is 0 Å². The predicted molar refractivity (Wildman–Crippen MR) is 80.9 cm³/mol. The first-order valence-corrected chi connectivity index (χ1v) is 7.73. The summed E-state index contributed by atoms with van der Waals surface area (Å²) in [5.41, 5.74) is 0.665. The minimum atomic E-state index is -0.502. The lowest BCUT2D eigenvalue weighted by atomic mass is 9.94. The second-order valence-electron chi connectivity index (χ2n) is 5.35. The van der Waals surface area contributed by atoms with E-state index < -0.39 is 6.04 Å². The molecule has 1 aliphatic heterocycles. The van der Waals surface area contributed by atoms with Crippen molar-refractivity contribution in [3.05, 3.63) is 34.1 Å². The van der Waals surface area contributed by atoms with Gasteiger partial charge in [-0.3, -0.25) is 9.59 Å². The fraction of sp³-hybridized carbons (Fsp3) is 0.467. The molecule has 0 radical (unpaired) electrons. The molecule has 1 heterocycles. The lowest BCUT2D eigenvalue weighted by molar-refractivity contribution is -0.148. The summed E-state index contributed by atoms with van der Waals surface area (Å²) in [6, 6.07) is 4.01. The largest absolute Gasteiger partial charge is 0.345 e. The number of carbonyl (C=O) groups is 2. The van der Waals surface area contributed by atoms with Crippen LogP contribution in [-0.4, -0.2) is 29.3 Å². The van der Waals surface area contributed by atoms with Crippen molar-refractivity contribution in [2.45, 2.75) is 32.9 Å². The molecular weight excluding hydrogens is 339 g/mol. The van der Waals surface area contributed by atoms with Crippen LogP contribution in [0.2, 0.25) is 0 Å². The zero-order valence-corrected chi connectivity index (χ0v) is 13.6. The smallest absolute Gasteiger partial charge is 0.243 e. The Kier molecular flexibility index (Phi) is 4.98. The van der Waals surface area contributed by atoms with Crippen LogP contribution in [0.1, 0.15) is 25.8 Å². The second kappa shape index (κ2) is 6.56. The molecule has 0 bridgehead atoms. The molecule has 1 N–H and O–H groups in total. The summed E-state index contributed by atoms with van der Waals surface area (Å²) in [5.74, 6) is -0.598. The first-order chi connectivity index (χ1) is 9.92. The summed E-state index contributed by atoms with van der Waals surface area (Å²) in [6.07, 6.45) is 0.786. The SMILES string of the molecule is CCC(C)C1C(=O)NCC(=O)N1Cc1cc(F)cc(Br)c1. The Bertz CT molecular complexity index is 544. The highest BCUT2D eigenvalue weighted by Crippen LogP contribution is 2.22. The third kappa shape index (κ3) is 3.61. The molecule has 1 saturated heterocycles. The molecule has 6 heteroatoms. The van der Waals surface area contributed by atoms with Gasteiger partial charge in [-0.15, -0.1) is 0 Å². The first kappa shape index (κ1) is 15.9. The van der Waals surface area contributed by atoms with Crippen molar-refractivity contribution in [3.8, 4) is 0 Å². The van der Waals surface area contributed by atoms with Crippen LogP contribution < -0.4 is 5.32 Å². The van der Waals surface area contributed by atoms with Gasteiger partial charge in [0.2, 0.25) is 11.8 Å². The van der Waals surface area contributed by atoms with Gasteiger partial charge in [-0.2, -0.15) is 0 Å². The maximum absolute atomic E-state index is 13.5. The van der Waals surface area contributed by atoms with Gasteiger partial charge in [0.1, 0.15) is 11.9 Å². The van der Waals surface area contributed by atoms with E-state index in [0.717, 1.165) is 6.42 Å². The molecule has 0 spiro atoms. The van der Waals surface area contributed by atoms with Gasteiger partial charge in [0.25, 0.3) is 0 Å². The average Bonchev–Trinajstić information content (AvgIpc) is 2.41. The highest BCUT2D eigenvalue weighted by Gasteiger charge is 2.37. The van der Waals surface area contributed by atoms with Gasteiger partial charge in [0, 0.05) is 11.0 Å². The molecule has 1 aromatic rings. The topological polar surface area (TPSA) is 49.4 Å². The fourth-order valence-electron chi connectivity index (χ4n) is 2.54. The van der Waals surface area contributed by atoms with Gasteiger partial charge in [0.15, 0.2) is 0 Å². The normalized spacial score (nSPS) is 20.4. The number of nitrogens with one attached hydrogen (secondary N) is 1. The molecule has 2 atom stereocenters. The minimum absolute atomic E-state index is 0.00224. The number of hydrogen-bond donors (Lipinski definition) is 1. The monoisotopic (exact) mass is 356 g/mol. The van der Waals surface area contributed by atoms with E-state index in [2.05, 4.69) is 21.2 Å². The molecule has 2 rings (SSSR count). The van der Waals surface area contributed by atoms with E-state index in [1.807, 2.05) is 13.8 Å². The van der Waals surface area contributed by atoms with Crippen LogP contribution in [0.4, 0.5) is 4.39 Å². The van der Waals surface area contributed by atoms with Crippen LogP contribution in [0, 0.1) is 11.7 Å². The fourth-order valence-corrected chi connectivity index (χ4v) is 3.05. The lowest BCUT2D eigenvalue weighted by Crippen LogP contribution is -2.60. The van der Waals surface area contributed by atoms with Gasteiger partial charge in [0.05, 0.1) is 6.54 Å². The zero-order valence-electron chi connectivity index (χ0n) is 12.0. The van der Waals surface area contributed by atoms with Crippen molar-refractivity contribution in [2.75, 3.05) is 6.54 Å². The summed E-state index contributed by atoms with van der Waals surface area (Å²) in [5, 5.41) is 2.62. The van der Waals surface area contributed by atoms with Crippen LogP contribution >= 0.6 is 15.9 Å². The molecule has 2 unspecified atom stereocenters. The Labute approximate surface area is 131 Å². The van der Waals surface area contributed by atoms with E-state index in [1.165, 1.54) is 12.1 Å². The van der Waals surface area contributed by atoms with Gasteiger partial charge in [-0.25, -0.2) is 4.39 Å². The summed E-state index contributed by atoms with van der Waals surface area (Å²) in [4.78, 5) is 25.8. The molecule has 114 valence electrons. The van der Waals surface area contributed by atoms with Crippen molar-refractivity contribution < 1.29 is 14.0 Å². The summed E-state index contributed by atoms with van der Waals surface area (Å²) < 4.78 is 14.1. The van der Waals surface area contributed by atoms with Crippen LogP contribution in [0.5, 0.6) is 0 Å².